The zero-order chi connectivity index (χ0) is 18.2. The average Bonchev–Trinajstić information content (AvgIpc) is 2.66. The molecular formula is C23H25ClFNO. The lowest BCUT2D eigenvalue weighted by Gasteiger charge is -2.10. The molecule has 2 nitrogen and oxygen atoms in total. The van der Waals surface area contributed by atoms with Gasteiger partial charge in [0.1, 0.15) is 18.2 Å². The van der Waals surface area contributed by atoms with Gasteiger partial charge in [-0.3, -0.25) is 0 Å². The predicted octanol–water partition coefficient (Wildman–Crippen LogP) is 5.47. The molecule has 0 radical (unpaired) electrons. The Labute approximate surface area is 166 Å². The summed E-state index contributed by atoms with van der Waals surface area (Å²) in [7, 11) is 0. The van der Waals surface area contributed by atoms with Crippen LogP contribution in [-0.2, 0) is 19.6 Å². The Morgan fingerprint density at radius 3 is 2.44 bits per heavy atom. The van der Waals surface area contributed by atoms with E-state index < -0.39 is 0 Å². The summed E-state index contributed by atoms with van der Waals surface area (Å²) in [6.45, 7) is 4.10. The molecule has 0 unspecified atom stereocenters. The first kappa shape index (κ1) is 20.9. The second kappa shape index (κ2) is 10.7. The van der Waals surface area contributed by atoms with Gasteiger partial charge in [0.25, 0.3) is 0 Å². The molecule has 0 bridgehead atoms. The summed E-state index contributed by atoms with van der Waals surface area (Å²) < 4.78 is 19.5. The van der Waals surface area contributed by atoms with Crippen molar-refractivity contribution in [1.29, 1.82) is 0 Å². The normalized spacial score (nSPS) is 10.3. The van der Waals surface area contributed by atoms with Crippen molar-refractivity contribution in [1.82, 2.24) is 5.32 Å². The molecule has 0 aromatic heterocycles. The highest BCUT2D eigenvalue weighted by molar-refractivity contribution is 5.85. The van der Waals surface area contributed by atoms with Crippen molar-refractivity contribution in [3.05, 3.63) is 101 Å². The second-order valence-corrected chi connectivity index (χ2v) is 6.44. The van der Waals surface area contributed by atoms with E-state index in [0.29, 0.717) is 13.0 Å². The van der Waals surface area contributed by atoms with Gasteiger partial charge in [0, 0.05) is 6.54 Å². The molecule has 0 aliphatic carbocycles. The van der Waals surface area contributed by atoms with Crippen molar-refractivity contribution in [3.63, 3.8) is 0 Å². The quantitative estimate of drug-likeness (QED) is 0.519. The van der Waals surface area contributed by atoms with Gasteiger partial charge in [-0.15, -0.1) is 12.4 Å². The molecule has 142 valence electrons. The number of hydrogen-bond acceptors (Lipinski definition) is 2. The third-order valence-electron chi connectivity index (χ3n) is 4.28. The van der Waals surface area contributed by atoms with Crippen LogP contribution in [0.2, 0.25) is 0 Å². The number of aryl methyl sites for hydroxylation is 1. The molecule has 1 N–H and O–H groups in total. The lowest BCUT2D eigenvalue weighted by molar-refractivity contribution is 0.306. The van der Waals surface area contributed by atoms with Crippen LogP contribution in [0.5, 0.6) is 5.75 Å². The summed E-state index contributed by atoms with van der Waals surface area (Å²) in [5.74, 6) is 0.722. The van der Waals surface area contributed by atoms with E-state index in [0.717, 1.165) is 35.5 Å². The van der Waals surface area contributed by atoms with Crippen LogP contribution >= 0.6 is 12.4 Å². The van der Waals surface area contributed by atoms with Gasteiger partial charge in [0.2, 0.25) is 0 Å². The molecule has 0 spiro atoms. The molecule has 0 amide bonds. The van der Waals surface area contributed by atoms with Crippen LogP contribution in [0, 0.1) is 12.7 Å². The molecule has 0 aliphatic heterocycles. The number of nitrogens with one attached hydrogen (secondary N) is 1. The molecule has 0 fully saturated rings. The van der Waals surface area contributed by atoms with Gasteiger partial charge in [0.05, 0.1) is 0 Å². The van der Waals surface area contributed by atoms with Crippen LogP contribution in [0.15, 0.2) is 72.8 Å². The molecule has 0 atom stereocenters. The molecule has 0 aliphatic rings. The highest BCUT2D eigenvalue weighted by atomic mass is 35.5. The summed E-state index contributed by atoms with van der Waals surface area (Å²) >= 11 is 0. The number of halogens is 2. The van der Waals surface area contributed by atoms with Gasteiger partial charge in [-0.25, -0.2) is 4.39 Å². The van der Waals surface area contributed by atoms with Crippen molar-refractivity contribution in [2.45, 2.75) is 26.5 Å². The van der Waals surface area contributed by atoms with E-state index in [1.54, 1.807) is 6.07 Å². The van der Waals surface area contributed by atoms with Crippen LogP contribution in [0.4, 0.5) is 4.39 Å². The first-order chi connectivity index (χ1) is 12.7. The maximum Gasteiger partial charge on any atom is 0.126 e. The molecule has 3 aromatic carbocycles. The summed E-state index contributed by atoms with van der Waals surface area (Å²) in [6.07, 6.45) is 0.677. The SMILES string of the molecule is Cc1ccc(COc2cccc(CNCCc3ccccc3F)c2)cc1.Cl. The van der Waals surface area contributed by atoms with E-state index in [9.17, 15) is 4.39 Å². The zero-order valence-corrected chi connectivity index (χ0v) is 16.3. The Hall–Kier alpha value is -2.36. The molecule has 0 saturated carbocycles. The summed E-state index contributed by atoms with van der Waals surface area (Å²) in [4.78, 5) is 0. The maximum atomic E-state index is 13.6. The standard InChI is InChI=1S/C23H24FNO.ClH/c1-18-9-11-19(12-10-18)17-26-22-7-4-5-20(15-22)16-25-14-13-21-6-2-3-8-23(21)24;/h2-12,15,25H,13-14,16-17H2,1H3;1H. The predicted molar refractivity (Wildman–Crippen MR) is 111 cm³/mol. The first-order valence-corrected chi connectivity index (χ1v) is 8.92. The minimum Gasteiger partial charge on any atom is -0.489 e. The number of ether oxygens (including phenoxy) is 1. The third-order valence-corrected chi connectivity index (χ3v) is 4.28. The minimum atomic E-state index is -0.138. The van der Waals surface area contributed by atoms with E-state index >= 15 is 0 Å². The maximum absolute atomic E-state index is 13.6. The van der Waals surface area contributed by atoms with Crippen molar-refractivity contribution in [2.75, 3.05) is 6.54 Å². The topological polar surface area (TPSA) is 21.3 Å². The van der Waals surface area contributed by atoms with Crippen molar-refractivity contribution < 1.29 is 9.13 Å². The Balaban J connectivity index is 0.00000261. The summed E-state index contributed by atoms with van der Waals surface area (Å²) in [6, 6.07) is 23.4. The lowest BCUT2D eigenvalue weighted by atomic mass is 10.1. The highest BCUT2D eigenvalue weighted by Gasteiger charge is 2.01. The van der Waals surface area contributed by atoms with Gasteiger partial charge >= 0.3 is 0 Å². The molecule has 27 heavy (non-hydrogen) atoms. The van der Waals surface area contributed by atoms with Gasteiger partial charge in [-0.2, -0.15) is 0 Å². The molecule has 0 saturated heterocycles. The summed E-state index contributed by atoms with van der Waals surface area (Å²) in [5, 5.41) is 3.36. The van der Waals surface area contributed by atoms with Crippen LogP contribution in [0.1, 0.15) is 22.3 Å². The van der Waals surface area contributed by atoms with Gasteiger partial charge < -0.3 is 10.1 Å². The van der Waals surface area contributed by atoms with E-state index in [1.165, 1.54) is 11.6 Å². The minimum absolute atomic E-state index is 0. The van der Waals surface area contributed by atoms with Crippen molar-refractivity contribution in [2.24, 2.45) is 0 Å². The Bertz CT molecular complexity index is 836. The van der Waals surface area contributed by atoms with Crippen LogP contribution in [-0.4, -0.2) is 6.54 Å². The first-order valence-electron chi connectivity index (χ1n) is 8.92. The fraction of sp³-hybridized carbons (Fsp3) is 0.217. The Morgan fingerprint density at radius 1 is 0.889 bits per heavy atom. The average molecular weight is 386 g/mol. The van der Waals surface area contributed by atoms with E-state index in [-0.39, 0.29) is 18.2 Å². The molecule has 3 aromatic rings. The number of hydrogen-bond donors (Lipinski definition) is 1. The molecule has 3 rings (SSSR count). The van der Waals surface area contributed by atoms with Crippen LogP contribution in [0.3, 0.4) is 0 Å². The van der Waals surface area contributed by atoms with E-state index in [4.69, 9.17) is 4.74 Å². The second-order valence-electron chi connectivity index (χ2n) is 6.44. The lowest BCUT2D eigenvalue weighted by Crippen LogP contribution is -2.17. The van der Waals surface area contributed by atoms with Crippen molar-refractivity contribution >= 4 is 12.4 Å². The molecule has 4 heteroatoms. The fourth-order valence-electron chi connectivity index (χ4n) is 2.75. The Morgan fingerprint density at radius 2 is 1.67 bits per heavy atom. The monoisotopic (exact) mass is 385 g/mol. The zero-order valence-electron chi connectivity index (χ0n) is 15.5. The van der Waals surface area contributed by atoms with Crippen molar-refractivity contribution in [3.8, 4) is 5.75 Å². The fourth-order valence-corrected chi connectivity index (χ4v) is 2.75. The Kier molecular flexibility index (Phi) is 8.31. The van der Waals surface area contributed by atoms with Crippen LogP contribution in [0.25, 0.3) is 0 Å². The number of rotatable bonds is 8. The van der Waals surface area contributed by atoms with E-state index in [2.05, 4.69) is 42.6 Å². The van der Waals surface area contributed by atoms with Crippen LogP contribution < -0.4 is 10.1 Å². The number of benzene rings is 3. The van der Waals surface area contributed by atoms with Gasteiger partial charge in [-0.05, 0) is 54.8 Å². The highest BCUT2D eigenvalue weighted by Crippen LogP contribution is 2.15. The summed E-state index contributed by atoms with van der Waals surface area (Å²) in [5.41, 5.74) is 4.30. The largest absolute Gasteiger partial charge is 0.489 e. The van der Waals surface area contributed by atoms with E-state index in [1.807, 2.05) is 30.3 Å². The van der Waals surface area contributed by atoms with Gasteiger partial charge in [-0.1, -0.05) is 60.2 Å². The molecular weight excluding hydrogens is 361 g/mol. The van der Waals surface area contributed by atoms with Gasteiger partial charge in [0.15, 0.2) is 0 Å². The smallest absolute Gasteiger partial charge is 0.126 e. The molecule has 0 heterocycles. The third kappa shape index (κ3) is 6.70.